The zero-order valence-corrected chi connectivity index (χ0v) is 27.2. The van der Waals surface area contributed by atoms with Crippen LogP contribution in [0.3, 0.4) is 0 Å². The lowest BCUT2D eigenvalue weighted by Crippen LogP contribution is -2.20. The van der Waals surface area contributed by atoms with Crippen molar-refractivity contribution in [1.82, 2.24) is 20.3 Å². The van der Waals surface area contributed by atoms with Crippen molar-refractivity contribution in [2.75, 3.05) is 5.75 Å². The van der Waals surface area contributed by atoms with Crippen LogP contribution in [0.5, 0.6) is 0 Å². The Bertz CT molecular complexity index is 1920. The van der Waals surface area contributed by atoms with Crippen molar-refractivity contribution in [3.05, 3.63) is 78.2 Å². The van der Waals surface area contributed by atoms with E-state index < -0.39 is 11.9 Å². The summed E-state index contributed by atoms with van der Waals surface area (Å²) in [4.78, 5) is 34.3. The van der Waals surface area contributed by atoms with E-state index in [1.807, 2.05) is 29.6 Å². The Kier molecular flexibility index (Phi) is 7.01. The first-order valence-corrected chi connectivity index (χ1v) is 17.2. The Morgan fingerprint density at radius 3 is 2.07 bits per heavy atom. The molecule has 4 aliphatic heterocycles. The van der Waals surface area contributed by atoms with Gasteiger partial charge in [0, 0.05) is 79.9 Å². The second-order valence-corrected chi connectivity index (χ2v) is 15.4. The fraction of sp³-hybridized carbons (Fsp3) is 0.412. The van der Waals surface area contributed by atoms with E-state index in [1.165, 1.54) is 16.8 Å². The molecule has 0 aliphatic carbocycles. The molecule has 44 heavy (non-hydrogen) atoms. The number of rotatable bonds is 7. The van der Waals surface area contributed by atoms with E-state index in [0.717, 1.165) is 67.2 Å². The molecule has 10 heteroatoms. The molecule has 230 valence electrons. The molecule has 3 fully saturated rings. The molecule has 7 heterocycles. The lowest BCUT2D eigenvalue weighted by atomic mass is 9.90. The van der Waals surface area contributed by atoms with Gasteiger partial charge in [0.25, 0.3) is 0 Å². The molecule has 1 spiro atoms. The minimum Gasteiger partial charge on any atom is -0.481 e. The largest absolute Gasteiger partial charge is 0.481 e. The van der Waals surface area contributed by atoms with E-state index in [9.17, 15) is 19.8 Å². The molecule has 3 aromatic rings. The van der Waals surface area contributed by atoms with Crippen LogP contribution in [0, 0.1) is 26.7 Å². The maximum Gasteiger partial charge on any atom is 0.303 e. The first kappa shape index (κ1) is 29.2. The second kappa shape index (κ2) is 10.5. The number of fused-ring (bicyclic) bond motifs is 9. The van der Waals surface area contributed by atoms with Crippen LogP contribution < -0.4 is 16.0 Å². The van der Waals surface area contributed by atoms with Gasteiger partial charge in [-0.3, -0.25) is 9.59 Å². The number of carbonyl (C=O) groups is 2. The molecule has 3 aromatic heterocycles. The molecular weight excluding hydrogens is 593 g/mol. The van der Waals surface area contributed by atoms with Crippen LogP contribution in [0.15, 0.2) is 11.4 Å². The van der Waals surface area contributed by atoms with E-state index >= 15 is 0 Å². The van der Waals surface area contributed by atoms with Gasteiger partial charge in [0.1, 0.15) is 0 Å². The molecule has 0 aromatic carbocycles. The summed E-state index contributed by atoms with van der Waals surface area (Å²) in [6.45, 7) is 10.9. The number of nitrogens with one attached hydrogen (secondary N) is 4. The molecule has 0 saturated carbocycles. The van der Waals surface area contributed by atoms with Gasteiger partial charge in [-0.15, -0.1) is 11.8 Å². The highest BCUT2D eigenvalue weighted by Gasteiger charge is 2.63. The standard InChI is InChI=1S/C34H38N4O4S2/c1-15-20(6-8-31(39)40)26-12-27-21(7-9-32(41)42)16(2)23(36-27)11-28-33(29-14-43-29)17(3)24(37-28)13-30-34(19(5)44-34)18(4)25(38-30)10-22(15)35-26/h10-13,18-19,29,35-38H,6-9,14H2,1-5H3,(H,39,40)(H,41,42)/b23-11-,25-10-,27-12-,30-13-/t18?,19-,29-,34+/m0/s1. The first-order chi connectivity index (χ1) is 21.0. The smallest absolute Gasteiger partial charge is 0.303 e. The molecule has 0 amide bonds. The van der Waals surface area contributed by atoms with Gasteiger partial charge in [0.05, 0.1) is 4.75 Å². The van der Waals surface area contributed by atoms with E-state index in [0.29, 0.717) is 23.3 Å². The van der Waals surface area contributed by atoms with Crippen LogP contribution in [0.1, 0.15) is 88.1 Å². The number of hydrogen-bond acceptors (Lipinski definition) is 5. The summed E-state index contributed by atoms with van der Waals surface area (Å²) in [5, 5.41) is 25.6. The maximum absolute atomic E-state index is 11.6. The summed E-state index contributed by atoms with van der Waals surface area (Å²) in [5.41, 5.74) is 13.0. The predicted octanol–water partition coefficient (Wildman–Crippen LogP) is 4.88. The van der Waals surface area contributed by atoms with E-state index in [2.05, 4.69) is 73.1 Å². The van der Waals surface area contributed by atoms with Gasteiger partial charge in [0.2, 0.25) is 0 Å². The van der Waals surface area contributed by atoms with Crippen molar-refractivity contribution in [2.45, 2.75) is 75.5 Å². The van der Waals surface area contributed by atoms with Crippen molar-refractivity contribution in [3.8, 4) is 0 Å². The minimum atomic E-state index is -0.837. The average Bonchev–Trinajstić information content (AvgIpc) is 3.81. The highest BCUT2D eigenvalue weighted by molar-refractivity contribution is 8.09. The molecule has 4 atom stereocenters. The van der Waals surface area contributed by atoms with E-state index in [1.54, 1.807) is 0 Å². The maximum atomic E-state index is 11.6. The summed E-state index contributed by atoms with van der Waals surface area (Å²) in [5.74, 6) is -0.292. The van der Waals surface area contributed by atoms with Gasteiger partial charge in [-0.05, 0) is 91.3 Å². The van der Waals surface area contributed by atoms with Crippen molar-refractivity contribution >= 4 is 59.8 Å². The van der Waals surface area contributed by atoms with E-state index in [4.69, 9.17) is 0 Å². The highest BCUT2D eigenvalue weighted by atomic mass is 32.2. The number of allylic oxidation sites excluding steroid dienone is 1. The van der Waals surface area contributed by atoms with Crippen LogP contribution in [-0.2, 0) is 22.4 Å². The minimum absolute atomic E-state index is 0.000888. The molecule has 8 bridgehead atoms. The fourth-order valence-corrected chi connectivity index (χ4v) is 9.41. The first-order valence-electron chi connectivity index (χ1n) is 15.3. The predicted molar refractivity (Wildman–Crippen MR) is 178 cm³/mol. The Hall–Kier alpha value is -3.50. The molecule has 7 rings (SSSR count). The number of aromatic amines is 3. The number of aliphatic carboxylic acids is 2. The van der Waals surface area contributed by atoms with Gasteiger partial charge in [-0.1, -0.05) is 13.8 Å². The fourth-order valence-electron chi connectivity index (χ4n) is 7.26. The SMILES string of the molecule is Cc1c2[nH]c(c1CCC(=O)O)/C=c1\[nH]/c(c(C)c1CCC(=O)O)=C\c1[nH]c(c(C)c1[C@@H]1CS1)/C=C1\N/C(=C\2)C(C)[C@]12S[C@H]2C. The normalized spacial score (nSPS) is 28.6. The lowest BCUT2D eigenvalue weighted by molar-refractivity contribution is -0.138. The number of H-pyrrole nitrogens is 3. The second-order valence-electron chi connectivity index (χ2n) is 12.6. The summed E-state index contributed by atoms with van der Waals surface area (Å²) in [7, 11) is 0. The van der Waals surface area contributed by atoms with Crippen LogP contribution in [-0.4, -0.2) is 52.9 Å². The molecule has 8 nitrogen and oxygen atoms in total. The van der Waals surface area contributed by atoms with Crippen LogP contribution in [0.25, 0.3) is 24.3 Å². The molecular formula is C34H38N4O4S2. The van der Waals surface area contributed by atoms with Gasteiger partial charge in [0.15, 0.2) is 0 Å². The lowest BCUT2D eigenvalue weighted by Gasteiger charge is -2.12. The average molecular weight is 631 g/mol. The van der Waals surface area contributed by atoms with Crippen molar-refractivity contribution in [2.24, 2.45) is 5.92 Å². The number of aromatic nitrogens is 3. The Labute approximate surface area is 264 Å². The Morgan fingerprint density at radius 1 is 0.818 bits per heavy atom. The number of carboxylic acids is 2. The van der Waals surface area contributed by atoms with Gasteiger partial charge in [-0.25, -0.2) is 0 Å². The van der Waals surface area contributed by atoms with Gasteiger partial charge < -0.3 is 30.5 Å². The third-order valence-electron chi connectivity index (χ3n) is 10.00. The Balaban J connectivity index is 1.51. The third kappa shape index (κ3) is 4.77. The van der Waals surface area contributed by atoms with Crippen LogP contribution in [0.4, 0.5) is 0 Å². The van der Waals surface area contributed by atoms with E-state index in [-0.39, 0.29) is 23.5 Å². The number of carboxylic acid groups (broad SMARTS) is 2. The molecule has 0 radical (unpaired) electrons. The van der Waals surface area contributed by atoms with Crippen LogP contribution >= 0.6 is 23.5 Å². The summed E-state index contributed by atoms with van der Waals surface area (Å²) in [6.07, 6.45) is 9.58. The third-order valence-corrected chi connectivity index (χ3v) is 12.7. The van der Waals surface area contributed by atoms with Crippen molar-refractivity contribution in [3.63, 3.8) is 0 Å². The molecule has 6 N–H and O–H groups in total. The molecule has 1 unspecified atom stereocenters. The Morgan fingerprint density at radius 2 is 1.43 bits per heavy atom. The summed E-state index contributed by atoms with van der Waals surface area (Å²) in [6, 6.07) is 0. The molecule has 3 saturated heterocycles. The quantitative estimate of drug-likeness (QED) is 0.205. The number of hydrogen-bond donors (Lipinski definition) is 6. The van der Waals surface area contributed by atoms with Gasteiger partial charge >= 0.3 is 11.9 Å². The van der Waals surface area contributed by atoms with Crippen molar-refractivity contribution < 1.29 is 19.8 Å². The zero-order chi connectivity index (χ0) is 31.1. The monoisotopic (exact) mass is 630 g/mol. The molecule has 4 aliphatic rings. The number of thioether (sulfide) groups is 2. The zero-order valence-electron chi connectivity index (χ0n) is 25.6. The van der Waals surface area contributed by atoms with Crippen LogP contribution in [0.2, 0.25) is 0 Å². The van der Waals surface area contributed by atoms with Gasteiger partial charge in [-0.2, -0.15) is 11.8 Å². The summed E-state index contributed by atoms with van der Waals surface area (Å²) >= 11 is 3.96. The van der Waals surface area contributed by atoms with Crippen molar-refractivity contribution in [1.29, 1.82) is 0 Å². The summed E-state index contributed by atoms with van der Waals surface area (Å²) < 4.78 is 0.000888. The topological polar surface area (TPSA) is 134 Å². The highest BCUT2D eigenvalue weighted by Crippen LogP contribution is 2.66.